The summed E-state index contributed by atoms with van der Waals surface area (Å²) in [5, 5.41) is 3.51. The molecule has 5 heteroatoms. The second-order valence-corrected chi connectivity index (χ2v) is 7.42. The summed E-state index contributed by atoms with van der Waals surface area (Å²) in [4.78, 5) is 27.3. The van der Waals surface area contributed by atoms with E-state index in [0.717, 1.165) is 35.2 Å². The first-order chi connectivity index (χ1) is 12.9. The lowest BCUT2D eigenvalue weighted by Crippen LogP contribution is -2.29. The van der Waals surface area contributed by atoms with Gasteiger partial charge in [0.2, 0.25) is 11.8 Å². The summed E-state index contributed by atoms with van der Waals surface area (Å²) in [6, 6.07) is 11.6. The highest BCUT2D eigenvalue weighted by Crippen LogP contribution is 2.33. The summed E-state index contributed by atoms with van der Waals surface area (Å²) in [5.41, 5.74) is 4.92. The molecule has 2 aromatic rings. The monoisotopic (exact) mass is 384 g/mol. The van der Waals surface area contributed by atoms with Crippen molar-refractivity contribution in [3.8, 4) is 0 Å². The van der Waals surface area contributed by atoms with Crippen molar-refractivity contribution in [3.63, 3.8) is 0 Å². The third kappa shape index (κ3) is 4.01. The van der Waals surface area contributed by atoms with Crippen molar-refractivity contribution < 1.29 is 9.59 Å². The Morgan fingerprint density at radius 2 is 1.85 bits per heavy atom. The first kappa shape index (κ1) is 19.4. The van der Waals surface area contributed by atoms with E-state index in [1.54, 1.807) is 17.0 Å². The number of benzene rings is 2. The maximum atomic E-state index is 12.8. The Kier molecular flexibility index (Phi) is 5.85. The third-order valence-electron chi connectivity index (χ3n) is 5.19. The van der Waals surface area contributed by atoms with Crippen LogP contribution in [-0.4, -0.2) is 18.4 Å². The lowest BCUT2D eigenvalue weighted by Gasteiger charge is -2.23. The molecule has 1 heterocycles. The van der Waals surface area contributed by atoms with E-state index in [2.05, 4.69) is 31.3 Å². The molecule has 142 valence electrons. The summed E-state index contributed by atoms with van der Waals surface area (Å²) in [6.45, 7) is 6.51. The highest BCUT2D eigenvalue weighted by molar-refractivity contribution is 6.31. The van der Waals surface area contributed by atoms with Crippen LogP contribution in [0.2, 0.25) is 5.02 Å². The fourth-order valence-electron chi connectivity index (χ4n) is 3.62. The van der Waals surface area contributed by atoms with E-state index in [4.69, 9.17) is 11.6 Å². The summed E-state index contributed by atoms with van der Waals surface area (Å²) in [7, 11) is 0. The lowest BCUT2D eigenvalue weighted by molar-refractivity contribution is -0.122. The summed E-state index contributed by atoms with van der Waals surface area (Å²) < 4.78 is 0. The third-order valence-corrected chi connectivity index (χ3v) is 5.42. The molecular weight excluding hydrogens is 360 g/mol. The van der Waals surface area contributed by atoms with Crippen LogP contribution >= 0.6 is 11.6 Å². The second kappa shape index (κ2) is 8.13. The highest BCUT2D eigenvalue weighted by Gasteiger charge is 2.36. The van der Waals surface area contributed by atoms with E-state index in [9.17, 15) is 9.59 Å². The SMILES string of the molecule is CCc1cccc(CC)c1N1CC(C(=O)Nc2cc(Cl)ccc2C)CC1=O. The first-order valence-electron chi connectivity index (χ1n) is 9.42. The molecule has 0 spiro atoms. The van der Waals surface area contributed by atoms with Gasteiger partial charge < -0.3 is 10.2 Å². The largest absolute Gasteiger partial charge is 0.325 e. The Balaban J connectivity index is 1.82. The minimum atomic E-state index is -0.370. The molecule has 1 aliphatic rings. The van der Waals surface area contributed by atoms with Crippen molar-refractivity contribution in [1.82, 2.24) is 0 Å². The minimum absolute atomic E-state index is 0.00793. The van der Waals surface area contributed by atoms with Gasteiger partial charge in [-0.2, -0.15) is 0 Å². The number of carbonyl (C=O) groups is 2. The molecule has 4 nitrogen and oxygen atoms in total. The van der Waals surface area contributed by atoms with Crippen LogP contribution in [0.4, 0.5) is 11.4 Å². The van der Waals surface area contributed by atoms with Gasteiger partial charge in [-0.25, -0.2) is 0 Å². The molecule has 3 rings (SSSR count). The van der Waals surface area contributed by atoms with Crippen LogP contribution in [-0.2, 0) is 22.4 Å². The van der Waals surface area contributed by atoms with E-state index in [1.807, 2.05) is 19.1 Å². The molecule has 0 bridgehead atoms. The molecule has 27 heavy (non-hydrogen) atoms. The zero-order valence-corrected chi connectivity index (χ0v) is 16.8. The first-order valence-corrected chi connectivity index (χ1v) is 9.80. The van der Waals surface area contributed by atoms with Crippen molar-refractivity contribution in [3.05, 3.63) is 58.1 Å². The average molecular weight is 385 g/mol. The molecule has 0 saturated carbocycles. The number of nitrogens with zero attached hydrogens (tertiary/aromatic N) is 1. The molecule has 1 unspecified atom stereocenters. The topological polar surface area (TPSA) is 49.4 Å². The zero-order chi connectivity index (χ0) is 19.6. The van der Waals surface area contributed by atoms with Gasteiger partial charge in [0.05, 0.1) is 5.92 Å². The van der Waals surface area contributed by atoms with Gasteiger partial charge in [-0.05, 0) is 48.6 Å². The van der Waals surface area contributed by atoms with Crippen LogP contribution < -0.4 is 10.2 Å². The fraction of sp³-hybridized carbons (Fsp3) is 0.364. The van der Waals surface area contributed by atoms with Gasteiger partial charge in [0, 0.05) is 29.4 Å². The number of para-hydroxylation sites is 1. The lowest BCUT2D eigenvalue weighted by atomic mass is 10.0. The van der Waals surface area contributed by atoms with Gasteiger partial charge in [0.1, 0.15) is 0 Å². The predicted molar refractivity (Wildman–Crippen MR) is 110 cm³/mol. The minimum Gasteiger partial charge on any atom is -0.325 e. The van der Waals surface area contributed by atoms with Crippen LogP contribution in [0, 0.1) is 12.8 Å². The Bertz CT molecular complexity index is 856. The Morgan fingerprint density at radius 1 is 1.19 bits per heavy atom. The molecular formula is C22H25ClN2O2. The van der Waals surface area contributed by atoms with Crippen LogP contribution in [0.3, 0.4) is 0 Å². The van der Waals surface area contributed by atoms with Gasteiger partial charge >= 0.3 is 0 Å². The molecule has 1 aliphatic heterocycles. The summed E-state index contributed by atoms with van der Waals surface area (Å²) in [5.74, 6) is -0.498. The Morgan fingerprint density at radius 3 is 2.48 bits per heavy atom. The number of aryl methyl sites for hydroxylation is 3. The maximum Gasteiger partial charge on any atom is 0.229 e. The number of amides is 2. The summed E-state index contributed by atoms with van der Waals surface area (Å²) >= 11 is 6.04. The van der Waals surface area contributed by atoms with E-state index >= 15 is 0 Å². The van der Waals surface area contributed by atoms with Gasteiger partial charge in [0.25, 0.3) is 0 Å². The smallest absolute Gasteiger partial charge is 0.229 e. The number of carbonyl (C=O) groups excluding carboxylic acids is 2. The maximum absolute atomic E-state index is 12.8. The van der Waals surface area contributed by atoms with Gasteiger partial charge in [-0.15, -0.1) is 0 Å². The van der Waals surface area contributed by atoms with Gasteiger partial charge in [0.15, 0.2) is 0 Å². The quantitative estimate of drug-likeness (QED) is 0.807. The number of hydrogen-bond donors (Lipinski definition) is 1. The number of halogens is 1. The number of rotatable bonds is 5. The molecule has 0 aromatic heterocycles. The average Bonchev–Trinajstić information content (AvgIpc) is 3.05. The molecule has 2 aromatic carbocycles. The molecule has 0 radical (unpaired) electrons. The van der Waals surface area contributed by atoms with Crippen molar-refractivity contribution in [2.45, 2.75) is 40.0 Å². The van der Waals surface area contributed by atoms with Crippen molar-refractivity contribution in [1.29, 1.82) is 0 Å². The van der Waals surface area contributed by atoms with Gasteiger partial charge in [-0.3, -0.25) is 9.59 Å². The standard InChI is InChI=1S/C22H25ClN2O2/c1-4-15-7-6-8-16(5-2)21(15)25-13-17(11-20(25)26)22(27)24-19-12-18(23)10-9-14(19)3/h6-10,12,17H,4-5,11,13H2,1-3H3,(H,24,27). The normalized spacial score (nSPS) is 16.7. The van der Waals surface area contributed by atoms with Crippen molar-refractivity contribution in [2.75, 3.05) is 16.8 Å². The van der Waals surface area contributed by atoms with Crippen LogP contribution in [0.1, 0.15) is 37.0 Å². The highest BCUT2D eigenvalue weighted by atomic mass is 35.5. The molecule has 1 fully saturated rings. The van der Waals surface area contributed by atoms with E-state index in [0.29, 0.717) is 17.3 Å². The molecule has 1 saturated heterocycles. The second-order valence-electron chi connectivity index (χ2n) is 6.99. The van der Waals surface area contributed by atoms with Crippen molar-refractivity contribution in [2.24, 2.45) is 5.92 Å². The van der Waals surface area contributed by atoms with E-state index in [-0.39, 0.29) is 24.2 Å². The molecule has 1 N–H and O–H groups in total. The van der Waals surface area contributed by atoms with Crippen LogP contribution in [0.15, 0.2) is 36.4 Å². The number of anilines is 2. The van der Waals surface area contributed by atoms with E-state index < -0.39 is 0 Å². The van der Waals surface area contributed by atoms with Crippen LogP contribution in [0.25, 0.3) is 0 Å². The van der Waals surface area contributed by atoms with Gasteiger partial charge in [-0.1, -0.05) is 49.7 Å². The molecule has 1 atom stereocenters. The summed E-state index contributed by atoms with van der Waals surface area (Å²) in [6.07, 6.45) is 1.93. The molecule has 2 amide bonds. The predicted octanol–water partition coefficient (Wildman–Crippen LogP) is 4.76. The number of hydrogen-bond acceptors (Lipinski definition) is 2. The Hall–Kier alpha value is -2.33. The molecule has 0 aliphatic carbocycles. The fourth-order valence-corrected chi connectivity index (χ4v) is 3.80. The number of nitrogens with one attached hydrogen (secondary N) is 1. The van der Waals surface area contributed by atoms with E-state index in [1.165, 1.54) is 0 Å². The Labute approximate surface area is 165 Å². The zero-order valence-electron chi connectivity index (χ0n) is 16.0. The van der Waals surface area contributed by atoms with Crippen molar-refractivity contribution >= 4 is 34.8 Å². The van der Waals surface area contributed by atoms with Crippen LogP contribution in [0.5, 0.6) is 0 Å².